The maximum Gasteiger partial charge on any atom is 0.251 e. The Morgan fingerprint density at radius 1 is 1.03 bits per heavy atom. The molecule has 0 bridgehead atoms. The number of guanidine groups is 1. The van der Waals surface area contributed by atoms with Crippen LogP contribution in [0.25, 0.3) is 0 Å². The molecular weight excluding hydrogens is 491 g/mol. The third-order valence-electron chi connectivity index (χ3n) is 5.16. The molecule has 30 heavy (non-hydrogen) atoms. The molecule has 0 atom stereocenters. The van der Waals surface area contributed by atoms with Gasteiger partial charge in [0.05, 0.1) is 6.54 Å². The summed E-state index contributed by atoms with van der Waals surface area (Å²) in [5.41, 5.74) is 2.02. The van der Waals surface area contributed by atoms with E-state index in [1.807, 2.05) is 6.07 Å². The molecule has 0 unspecified atom stereocenters. The summed E-state index contributed by atoms with van der Waals surface area (Å²) in [7, 11) is 0. The van der Waals surface area contributed by atoms with E-state index in [0.29, 0.717) is 18.7 Å². The molecule has 4 N–H and O–H groups in total. The molecule has 3 rings (SSSR count). The van der Waals surface area contributed by atoms with Crippen molar-refractivity contribution in [1.82, 2.24) is 16.0 Å². The summed E-state index contributed by atoms with van der Waals surface area (Å²) in [6.45, 7) is 4.90. The molecule has 1 amide bonds. The van der Waals surface area contributed by atoms with Crippen molar-refractivity contribution in [2.24, 2.45) is 4.99 Å². The van der Waals surface area contributed by atoms with Gasteiger partial charge in [0.15, 0.2) is 5.96 Å². The predicted molar refractivity (Wildman–Crippen MR) is 132 cm³/mol. The van der Waals surface area contributed by atoms with E-state index in [9.17, 15) is 9.90 Å². The first-order chi connectivity index (χ1) is 14.1. The van der Waals surface area contributed by atoms with Crippen molar-refractivity contribution in [2.45, 2.75) is 31.6 Å². The van der Waals surface area contributed by atoms with E-state index in [-0.39, 0.29) is 41.0 Å². The largest absolute Gasteiger partial charge is 0.508 e. The van der Waals surface area contributed by atoms with Crippen molar-refractivity contribution in [2.75, 3.05) is 26.2 Å². The fraction of sp³-hybridized carbons (Fsp3) is 0.391. The maximum atomic E-state index is 12.1. The fourth-order valence-electron chi connectivity index (χ4n) is 3.30. The van der Waals surface area contributed by atoms with Crippen molar-refractivity contribution in [3.05, 3.63) is 65.7 Å². The van der Waals surface area contributed by atoms with Gasteiger partial charge in [0, 0.05) is 30.6 Å². The number of nitrogens with zero attached hydrogens (tertiary/aromatic N) is 1. The number of amides is 1. The number of hydrogen-bond donors (Lipinski definition) is 4. The molecule has 7 heteroatoms. The topological polar surface area (TPSA) is 85.8 Å². The summed E-state index contributed by atoms with van der Waals surface area (Å²) in [5.74, 6) is 0.726. The SMILES string of the molecule is CCNC(=NCC1(c2ccccc2)CC1)NCCCNC(=O)c1cccc(O)c1.I. The zero-order valence-corrected chi connectivity index (χ0v) is 19.7. The predicted octanol–water partition coefficient (Wildman–Crippen LogP) is 3.42. The Morgan fingerprint density at radius 2 is 1.77 bits per heavy atom. The summed E-state index contributed by atoms with van der Waals surface area (Å²) in [5, 5.41) is 19.0. The highest BCUT2D eigenvalue weighted by atomic mass is 127. The van der Waals surface area contributed by atoms with Crippen molar-refractivity contribution in [3.63, 3.8) is 0 Å². The number of aromatic hydroxyl groups is 1. The highest BCUT2D eigenvalue weighted by molar-refractivity contribution is 14.0. The van der Waals surface area contributed by atoms with Gasteiger partial charge in [-0.05, 0) is 49.9 Å². The Hall–Kier alpha value is -2.29. The first-order valence-corrected chi connectivity index (χ1v) is 10.3. The van der Waals surface area contributed by atoms with Crippen molar-refractivity contribution in [3.8, 4) is 5.75 Å². The lowest BCUT2D eigenvalue weighted by Gasteiger charge is -2.16. The minimum absolute atomic E-state index is 0. The number of phenols is 1. The monoisotopic (exact) mass is 522 g/mol. The molecule has 2 aromatic rings. The summed E-state index contributed by atoms with van der Waals surface area (Å²) in [4.78, 5) is 16.9. The molecule has 0 spiro atoms. The van der Waals surface area contributed by atoms with E-state index in [0.717, 1.165) is 25.5 Å². The van der Waals surface area contributed by atoms with Crippen LogP contribution in [0.4, 0.5) is 0 Å². The van der Waals surface area contributed by atoms with E-state index in [1.165, 1.54) is 24.5 Å². The highest BCUT2D eigenvalue weighted by Crippen LogP contribution is 2.48. The number of carbonyl (C=O) groups is 1. The van der Waals surface area contributed by atoms with Gasteiger partial charge in [0.1, 0.15) is 5.75 Å². The second-order valence-corrected chi connectivity index (χ2v) is 7.43. The number of nitrogens with one attached hydrogen (secondary N) is 3. The zero-order chi connectivity index (χ0) is 20.5. The number of aliphatic imine (C=N–C) groups is 1. The number of rotatable bonds is 9. The lowest BCUT2D eigenvalue weighted by molar-refractivity contribution is 0.0953. The van der Waals surface area contributed by atoms with E-state index in [4.69, 9.17) is 4.99 Å². The lowest BCUT2D eigenvalue weighted by atomic mass is 9.96. The normalized spacial score (nSPS) is 14.4. The Kier molecular flexibility index (Phi) is 9.42. The third-order valence-corrected chi connectivity index (χ3v) is 5.16. The summed E-state index contributed by atoms with van der Waals surface area (Å²) in [6, 6.07) is 17.0. The van der Waals surface area contributed by atoms with Crippen LogP contribution in [0.15, 0.2) is 59.6 Å². The molecule has 1 aliphatic rings. The first kappa shape index (κ1) is 24.0. The van der Waals surface area contributed by atoms with Gasteiger partial charge < -0.3 is 21.1 Å². The third kappa shape index (κ3) is 6.90. The summed E-state index contributed by atoms with van der Waals surface area (Å²) in [6.07, 6.45) is 3.14. The molecule has 162 valence electrons. The summed E-state index contributed by atoms with van der Waals surface area (Å²) >= 11 is 0. The molecule has 0 aromatic heterocycles. The number of carbonyl (C=O) groups excluding carboxylic acids is 1. The molecular formula is C23H31IN4O2. The lowest BCUT2D eigenvalue weighted by Crippen LogP contribution is -2.39. The summed E-state index contributed by atoms with van der Waals surface area (Å²) < 4.78 is 0. The molecule has 1 aliphatic carbocycles. The van der Waals surface area contributed by atoms with Crippen molar-refractivity contribution >= 4 is 35.8 Å². The van der Waals surface area contributed by atoms with Gasteiger partial charge in [-0.25, -0.2) is 0 Å². The molecule has 0 heterocycles. The number of benzene rings is 2. The Labute approximate surface area is 195 Å². The van der Waals surface area contributed by atoms with Gasteiger partial charge in [0.25, 0.3) is 5.91 Å². The zero-order valence-electron chi connectivity index (χ0n) is 17.4. The Balaban J connectivity index is 0.00000320. The Morgan fingerprint density at radius 3 is 2.43 bits per heavy atom. The quantitative estimate of drug-likeness (QED) is 0.176. The van der Waals surface area contributed by atoms with Gasteiger partial charge in [-0.1, -0.05) is 36.4 Å². The van der Waals surface area contributed by atoms with Gasteiger partial charge in [0.2, 0.25) is 0 Å². The van der Waals surface area contributed by atoms with Crippen LogP contribution in [0.1, 0.15) is 42.1 Å². The van der Waals surface area contributed by atoms with E-state index in [1.54, 1.807) is 18.2 Å². The van der Waals surface area contributed by atoms with E-state index >= 15 is 0 Å². The minimum atomic E-state index is -0.181. The van der Waals surface area contributed by atoms with Crippen LogP contribution in [0.5, 0.6) is 5.75 Å². The van der Waals surface area contributed by atoms with Crippen molar-refractivity contribution < 1.29 is 9.90 Å². The van der Waals surface area contributed by atoms with Crippen LogP contribution in [0.3, 0.4) is 0 Å². The number of halogens is 1. The van der Waals surface area contributed by atoms with Gasteiger partial charge in [-0.15, -0.1) is 24.0 Å². The van der Waals surface area contributed by atoms with Crippen molar-refractivity contribution in [1.29, 1.82) is 0 Å². The van der Waals surface area contributed by atoms with Gasteiger partial charge in [-0.3, -0.25) is 9.79 Å². The van der Waals surface area contributed by atoms with E-state index in [2.05, 4.69) is 47.1 Å². The molecule has 6 nitrogen and oxygen atoms in total. The molecule has 0 saturated heterocycles. The molecule has 0 radical (unpaired) electrons. The van der Waals surface area contributed by atoms with Crippen LogP contribution in [-0.4, -0.2) is 43.2 Å². The van der Waals surface area contributed by atoms with Gasteiger partial charge >= 0.3 is 0 Å². The van der Waals surface area contributed by atoms with E-state index < -0.39 is 0 Å². The fourth-order valence-corrected chi connectivity index (χ4v) is 3.30. The molecule has 1 fully saturated rings. The van der Waals surface area contributed by atoms with Crippen LogP contribution in [0.2, 0.25) is 0 Å². The van der Waals surface area contributed by atoms with Crippen LogP contribution < -0.4 is 16.0 Å². The second kappa shape index (κ2) is 11.8. The maximum absolute atomic E-state index is 12.1. The van der Waals surface area contributed by atoms with Crippen LogP contribution >= 0.6 is 24.0 Å². The minimum Gasteiger partial charge on any atom is -0.508 e. The highest BCUT2D eigenvalue weighted by Gasteiger charge is 2.43. The average molecular weight is 522 g/mol. The van der Waals surface area contributed by atoms with Gasteiger partial charge in [-0.2, -0.15) is 0 Å². The second-order valence-electron chi connectivity index (χ2n) is 7.43. The number of hydrogen-bond acceptors (Lipinski definition) is 3. The average Bonchev–Trinajstić information content (AvgIpc) is 3.53. The smallest absolute Gasteiger partial charge is 0.251 e. The molecule has 2 aromatic carbocycles. The van der Waals surface area contributed by atoms with Crippen LogP contribution in [0, 0.1) is 0 Å². The number of phenolic OH excluding ortho intramolecular Hbond substituents is 1. The van der Waals surface area contributed by atoms with Crippen LogP contribution in [-0.2, 0) is 5.41 Å². The molecule has 0 aliphatic heterocycles. The Bertz CT molecular complexity index is 838. The first-order valence-electron chi connectivity index (χ1n) is 10.3. The standard InChI is InChI=1S/C23H30N4O2.HI/c1-2-24-22(27-17-23(12-13-23)19-9-4-3-5-10-19)26-15-7-14-25-21(29)18-8-6-11-20(28)16-18;/h3-6,8-11,16,28H,2,7,12-15,17H2,1H3,(H,25,29)(H2,24,26,27);1H. The molecule has 1 saturated carbocycles.